The van der Waals surface area contributed by atoms with Crippen LogP contribution in [-0.2, 0) is 6.42 Å². The summed E-state index contributed by atoms with van der Waals surface area (Å²) < 4.78 is 27.6. The van der Waals surface area contributed by atoms with E-state index in [0.717, 1.165) is 36.2 Å². The van der Waals surface area contributed by atoms with Crippen LogP contribution in [0.3, 0.4) is 0 Å². The Bertz CT molecular complexity index is 1230. The Morgan fingerprint density at radius 2 is 1.94 bits per heavy atom. The monoisotopic (exact) mass is 479 g/mol. The molecule has 7 heteroatoms. The molecule has 0 aliphatic heterocycles. The number of aliphatic hydroxyl groups is 1. The van der Waals surface area contributed by atoms with Crippen LogP contribution in [0, 0.1) is 11.6 Å². The Hall–Kier alpha value is -3.29. The average molecular weight is 480 g/mol. The molecule has 4 rings (SSSR count). The molecule has 0 fully saturated rings. The summed E-state index contributed by atoms with van der Waals surface area (Å²) in [6.07, 6.45) is 8.12. The third-order valence-electron chi connectivity index (χ3n) is 6.37. The van der Waals surface area contributed by atoms with Gasteiger partial charge in [0.25, 0.3) is 5.91 Å². The number of nitrogens with one attached hydrogen (secondary N) is 3. The van der Waals surface area contributed by atoms with E-state index in [1.807, 2.05) is 24.3 Å². The topological polar surface area (TPSA) is 77.2 Å². The Balaban J connectivity index is 1.47. The van der Waals surface area contributed by atoms with Gasteiger partial charge in [-0.15, -0.1) is 0 Å². The molecular formula is C28H31F2N3O2. The maximum atomic E-state index is 13.8. The Labute approximate surface area is 203 Å². The van der Waals surface area contributed by atoms with Gasteiger partial charge >= 0.3 is 0 Å². The van der Waals surface area contributed by atoms with Crippen molar-refractivity contribution in [1.82, 2.24) is 15.6 Å². The fraction of sp³-hybridized carbons (Fsp3) is 0.321. The van der Waals surface area contributed by atoms with Gasteiger partial charge in [0.05, 0.1) is 17.7 Å². The first-order chi connectivity index (χ1) is 16.9. The third kappa shape index (κ3) is 6.44. The van der Waals surface area contributed by atoms with Crippen LogP contribution in [0.2, 0.25) is 0 Å². The molecule has 1 aliphatic carbocycles. The van der Waals surface area contributed by atoms with Gasteiger partial charge in [0.15, 0.2) is 0 Å². The van der Waals surface area contributed by atoms with Crippen LogP contribution in [0.1, 0.15) is 42.1 Å². The fourth-order valence-electron chi connectivity index (χ4n) is 4.52. The number of carbonyl (C=O) groups is 1. The van der Waals surface area contributed by atoms with Gasteiger partial charge in [-0.05, 0) is 49.4 Å². The molecule has 2 atom stereocenters. The molecule has 1 aromatic heterocycles. The van der Waals surface area contributed by atoms with Crippen molar-refractivity contribution in [2.24, 2.45) is 0 Å². The van der Waals surface area contributed by atoms with Gasteiger partial charge < -0.3 is 20.7 Å². The Kier molecular flexibility index (Phi) is 8.10. The SMILES string of the molecule is CCC1=CCCC(CNC[C@@H](O)[C@H](Cc2cc(F)cc(F)c2)NC(=O)c2c[nH]c3ccccc23)=C1. The summed E-state index contributed by atoms with van der Waals surface area (Å²) >= 11 is 0. The van der Waals surface area contributed by atoms with Crippen LogP contribution in [0.4, 0.5) is 8.78 Å². The van der Waals surface area contributed by atoms with Crippen molar-refractivity contribution in [3.05, 3.63) is 94.7 Å². The average Bonchev–Trinajstić information content (AvgIpc) is 3.27. The van der Waals surface area contributed by atoms with E-state index in [4.69, 9.17) is 0 Å². The molecule has 1 aliphatic rings. The number of H-pyrrole nitrogens is 1. The quantitative estimate of drug-likeness (QED) is 0.338. The van der Waals surface area contributed by atoms with E-state index < -0.39 is 23.8 Å². The van der Waals surface area contributed by atoms with Crippen LogP contribution >= 0.6 is 0 Å². The van der Waals surface area contributed by atoms with Crippen molar-refractivity contribution in [2.75, 3.05) is 13.1 Å². The molecule has 0 unspecified atom stereocenters. The number of aliphatic hydroxyl groups excluding tert-OH is 1. The molecular weight excluding hydrogens is 448 g/mol. The lowest BCUT2D eigenvalue weighted by atomic mass is 9.97. The predicted molar refractivity (Wildman–Crippen MR) is 134 cm³/mol. The maximum absolute atomic E-state index is 13.8. The van der Waals surface area contributed by atoms with Crippen molar-refractivity contribution < 1.29 is 18.7 Å². The van der Waals surface area contributed by atoms with Crippen molar-refractivity contribution in [3.8, 4) is 0 Å². The first-order valence-electron chi connectivity index (χ1n) is 12.0. The summed E-state index contributed by atoms with van der Waals surface area (Å²) in [6, 6.07) is 9.92. The summed E-state index contributed by atoms with van der Waals surface area (Å²) in [5.41, 5.74) is 4.21. The second-order valence-electron chi connectivity index (χ2n) is 8.98. The number of allylic oxidation sites excluding steroid dienone is 3. The summed E-state index contributed by atoms with van der Waals surface area (Å²) in [7, 11) is 0. The molecule has 35 heavy (non-hydrogen) atoms. The second kappa shape index (κ2) is 11.4. The Morgan fingerprint density at radius 3 is 2.71 bits per heavy atom. The van der Waals surface area contributed by atoms with Crippen molar-refractivity contribution >= 4 is 16.8 Å². The fourth-order valence-corrected chi connectivity index (χ4v) is 4.52. The normalized spacial score (nSPS) is 15.4. The zero-order valence-corrected chi connectivity index (χ0v) is 19.8. The number of hydrogen-bond acceptors (Lipinski definition) is 3. The minimum atomic E-state index is -0.971. The molecule has 1 amide bonds. The first-order valence-corrected chi connectivity index (χ1v) is 12.0. The van der Waals surface area contributed by atoms with Crippen LogP contribution in [-0.4, -0.2) is 41.2 Å². The number of aromatic amines is 1. The zero-order chi connectivity index (χ0) is 24.8. The summed E-state index contributed by atoms with van der Waals surface area (Å²) in [5.74, 6) is -1.76. The van der Waals surface area contributed by atoms with Crippen molar-refractivity contribution in [3.63, 3.8) is 0 Å². The van der Waals surface area contributed by atoms with Gasteiger partial charge in [0.2, 0.25) is 0 Å². The molecule has 0 saturated heterocycles. The van der Waals surface area contributed by atoms with E-state index in [9.17, 15) is 18.7 Å². The third-order valence-corrected chi connectivity index (χ3v) is 6.37. The van der Waals surface area contributed by atoms with E-state index >= 15 is 0 Å². The van der Waals surface area contributed by atoms with Gasteiger partial charge in [0, 0.05) is 36.3 Å². The molecule has 0 radical (unpaired) electrons. The second-order valence-corrected chi connectivity index (χ2v) is 8.98. The highest BCUT2D eigenvalue weighted by molar-refractivity contribution is 6.06. The van der Waals surface area contributed by atoms with Crippen LogP contribution < -0.4 is 10.6 Å². The standard InChI is InChI=1S/C28H31F2N3O2/c1-2-18-6-5-7-19(10-18)15-31-17-27(34)26(13-20-11-21(29)14-22(30)12-20)33-28(35)24-16-32-25-9-4-3-8-23(24)25/h3-4,6,8-12,14,16,26-27,31-32,34H,2,5,7,13,15,17H2,1H3,(H,33,35)/t26-,27+/m0/s1. The predicted octanol–water partition coefficient (Wildman–Crippen LogP) is 4.79. The van der Waals surface area contributed by atoms with Gasteiger partial charge in [-0.3, -0.25) is 4.79 Å². The summed E-state index contributed by atoms with van der Waals surface area (Å²) in [6.45, 7) is 2.98. The van der Waals surface area contributed by atoms with E-state index in [2.05, 4.69) is 34.7 Å². The van der Waals surface area contributed by atoms with Crippen molar-refractivity contribution in [2.45, 2.75) is 44.8 Å². The molecule has 4 N–H and O–H groups in total. The summed E-state index contributed by atoms with van der Waals surface area (Å²) in [4.78, 5) is 16.2. The first kappa shape index (κ1) is 24.8. The number of halogens is 2. The Morgan fingerprint density at radius 1 is 1.17 bits per heavy atom. The zero-order valence-electron chi connectivity index (χ0n) is 19.8. The smallest absolute Gasteiger partial charge is 0.253 e. The molecule has 3 aromatic rings. The van der Waals surface area contributed by atoms with E-state index in [-0.39, 0.29) is 18.9 Å². The van der Waals surface area contributed by atoms with E-state index in [0.29, 0.717) is 17.7 Å². The van der Waals surface area contributed by atoms with Crippen molar-refractivity contribution in [1.29, 1.82) is 0 Å². The lowest BCUT2D eigenvalue weighted by molar-refractivity contribution is 0.0833. The minimum Gasteiger partial charge on any atom is -0.390 e. The number of amides is 1. The molecule has 1 heterocycles. The van der Waals surface area contributed by atoms with E-state index in [1.165, 1.54) is 23.3 Å². The van der Waals surface area contributed by atoms with Crippen LogP contribution in [0.5, 0.6) is 0 Å². The molecule has 0 bridgehead atoms. The largest absolute Gasteiger partial charge is 0.390 e. The van der Waals surface area contributed by atoms with Gasteiger partial charge in [-0.1, -0.05) is 48.4 Å². The van der Waals surface area contributed by atoms with Crippen LogP contribution in [0.15, 0.2) is 72.0 Å². The highest BCUT2D eigenvalue weighted by Crippen LogP contribution is 2.20. The number of para-hydroxylation sites is 1. The molecule has 2 aromatic carbocycles. The summed E-state index contributed by atoms with van der Waals surface area (Å²) in [5, 5.41) is 17.9. The number of rotatable bonds is 10. The number of carbonyl (C=O) groups excluding carboxylic acids is 1. The lowest BCUT2D eigenvalue weighted by Crippen LogP contribution is -2.49. The molecule has 0 saturated carbocycles. The highest BCUT2D eigenvalue weighted by Gasteiger charge is 2.24. The molecule has 5 nitrogen and oxygen atoms in total. The van der Waals surface area contributed by atoms with Gasteiger partial charge in [-0.2, -0.15) is 0 Å². The number of hydrogen-bond donors (Lipinski definition) is 4. The number of benzene rings is 2. The number of aromatic nitrogens is 1. The van der Waals surface area contributed by atoms with E-state index in [1.54, 1.807) is 6.20 Å². The molecule has 0 spiro atoms. The highest BCUT2D eigenvalue weighted by atomic mass is 19.1. The molecule has 184 valence electrons. The number of fused-ring (bicyclic) bond motifs is 1. The lowest BCUT2D eigenvalue weighted by Gasteiger charge is -2.25. The van der Waals surface area contributed by atoms with Gasteiger partial charge in [-0.25, -0.2) is 8.78 Å². The maximum Gasteiger partial charge on any atom is 0.253 e. The van der Waals surface area contributed by atoms with Crippen LogP contribution in [0.25, 0.3) is 10.9 Å². The minimum absolute atomic E-state index is 0.0804. The van der Waals surface area contributed by atoms with Gasteiger partial charge in [0.1, 0.15) is 11.6 Å².